The van der Waals surface area contributed by atoms with Gasteiger partial charge in [0.15, 0.2) is 0 Å². The van der Waals surface area contributed by atoms with E-state index in [1.54, 1.807) is 36.9 Å². The maximum absolute atomic E-state index is 13.2. The Morgan fingerprint density at radius 3 is 2.21 bits per heavy atom. The highest BCUT2D eigenvalue weighted by Gasteiger charge is 2.32. The number of carbonyl (C=O) groups excluding carboxylic acids is 1. The van der Waals surface area contributed by atoms with Crippen molar-refractivity contribution in [2.24, 2.45) is 7.05 Å². The van der Waals surface area contributed by atoms with Crippen molar-refractivity contribution in [3.05, 3.63) is 71.5 Å². The first kappa shape index (κ1) is 19.6. The van der Waals surface area contributed by atoms with E-state index in [1.807, 2.05) is 6.92 Å². The molecular weight excluding hydrogens is 378 g/mol. The van der Waals surface area contributed by atoms with E-state index in [1.165, 1.54) is 36.4 Å². The van der Waals surface area contributed by atoms with E-state index in [4.69, 9.17) is 0 Å². The van der Waals surface area contributed by atoms with Crippen molar-refractivity contribution in [2.45, 2.75) is 25.2 Å². The number of sulfonamides is 1. The first-order valence-corrected chi connectivity index (χ1v) is 10.1. The van der Waals surface area contributed by atoms with E-state index in [9.17, 15) is 18.3 Å². The highest BCUT2D eigenvalue weighted by molar-refractivity contribution is 7.93. The van der Waals surface area contributed by atoms with Crippen molar-refractivity contribution in [1.82, 2.24) is 9.78 Å². The average Bonchev–Trinajstić information content (AvgIpc) is 2.90. The second-order valence-corrected chi connectivity index (χ2v) is 8.23. The molecule has 0 aliphatic heterocycles. The first-order valence-electron chi connectivity index (χ1n) is 8.63. The number of phenolic OH excluding ortho intramolecular Hbond substituents is 1. The summed E-state index contributed by atoms with van der Waals surface area (Å²) in [5, 5.41) is 13.8. The number of nitrogens with zero attached hydrogens (tertiary/aromatic N) is 3. The lowest BCUT2D eigenvalue weighted by Gasteiger charge is -2.23. The van der Waals surface area contributed by atoms with Gasteiger partial charge in [0.25, 0.3) is 10.0 Å². The monoisotopic (exact) mass is 399 g/mol. The van der Waals surface area contributed by atoms with Crippen LogP contribution in [0.25, 0.3) is 0 Å². The SMILES string of the molecule is Cc1nn(C)c(C)c1CC(=O)N(c1ccc(O)cc1)S(=O)(=O)c1ccccc1. The summed E-state index contributed by atoms with van der Waals surface area (Å²) in [6.45, 7) is 3.62. The molecule has 0 atom stereocenters. The third kappa shape index (κ3) is 3.63. The Kier molecular flexibility index (Phi) is 5.24. The van der Waals surface area contributed by atoms with Crippen LogP contribution >= 0.6 is 0 Å². The first-order chi connectivity index (χ1) is 13.2. The van der Waals surface area contributed by atoms with Gasteiger partial charge in [0.2, 0.25) is 5.91 Å². The van der Waals surface area contributed by atoms with Crippen LogP contribution in [-0.2, 0) is 28.3 Å². The van der Waals surface area contributed by atoms with E-state index in [-0.39, 0.29) is 22.8 Å². The Balaban J connectivity index is 2.08. The number of amides is 1. The number of benzene rings is 2. The highest BCUT2D eigenvalue weighted by Crippen LogP contribution is 2.27. The molecule has 2 aromatic carbocycles. The Morgan fingerprint density at radius 1 is 1.07 bits per heavy atom. The number of aromatic nitrogens is 2. The fourth-order valence-corrected chi connectivity index (χ4v) is 4.44. The fraction of sp³-hybridized carbons (Fsp3) is 0.200. The van der Waals surface area contributed by atoms with E-state index in [0.717, 1.165) is 10.00 Å². The summed E-state index contributed by atoms with van der Waals surface area (Å²) < 4.78 is 28.9. The lowest BCUT2D eigenvalue weighted by molar-refractivity contribution is -0.116. The molecule has 0 fully saturated rings. The maximum atomic E-state index is 13.2. The summed E-state index contributed by atoms with van der Waals surface area (Å²) in [4.78, 5) is 13.2. The van der Waals surface area contributed by atoms with Gasteiger partial charge in [-0.3, -0.25) is 9.48 Å². The molecule has 1 N–H and O–H groups in total. The molecule has 3 rings (SSSR count). The molecule has 7 nitrogen and oxygen atoms in total. The molecule has 28 heavy (non-hydrogen) atoms. The Labute approximate surface area is 163 Å². The fourth-order valence-electron chi connectivity index (χ4n) is 3.00. The molecule has 1 amide bonds. The number of aryl methyl sites for hydroxylation is 2. The molecule has 146 valence electrons. The van der Waals surface area contributed by atoms with Crippen LogP contribution in [0.4, 0.5) is 5.69 Å². The van der Waals surface area contributed by atoms with Gasteiger partial charge in [0.05, 0.1) is 22.7 Å². The summed E-state index contributed by atoms with van der Waals surface area (Å²) in [5.41, 5.74) is 2.33. The minimum Gasteiger partial charge on any atom is -0.508 e. The van der Waals surface area contributed by atoms with Crippen molar-refractivity contribution >= 4 is 21.6 Å². The van der Waals surface area contributed by atoms with Gasteiger partial charge in [-0.1, -0.05) is 18.2 Å². The second-order valence-electron chi connectivity index (χ2n) is 6.44. The van der Waals surface area contributed by atoms with Gasteiger partial charge >= 0.3 is 0 Å². The Hall–Kier alpha value is -3.13. The summed E-state index contributed by atoms with van der Waals surface area (Å²) >= 11 is 0. The molecule has 8 heteroatoms. The number of hydrogen-bond acceptors (Lipinski definition) is 5. The number of anilines is 1. The maximum Gasteiger partial charge on any atom is 0.270 e. The number of aromatic hydroxyl groups is 1. The van der Waals surface area contributed by atoms with Crippen LogP contribution in [-0.4, -0.2) is 29.2 Å². The summed E-state index contributed by atoms with van der Waals surface area (Å²) in [7, 11) is -2.36. The van der Waals surface area contributed by atoms with Gasteiger partial charge < -0.3 is 5.11 Å². The number of rotatable bonds is 5. The van der Waals surface area contributed by atoms with Gasteiger partial charge in [-0.25, -0.2) is 12.7 Å². The smallest absolute Gasteiger partial charge is 0.270 e. The lowest BCUT2D eigenvalue weighted by Crippen LogP contribution is -2.38. The zero-order valence-corrected chi connectivity index (χ0v) is 16.6. The molecule has 0 unspecified atom stereocenters. The Bertz CT molecular complexity index is 1100. The van der Waals surface area contributed by atoms with Crippen LogP contribution in [0.2, 0.25) is 0 Å². The van der Waals surface area contributed by atoms with Gasteiger partial charge in [-0.2, -0.15) is 5.10 Å². The zero-order chi connectivity index (χ0) is 20.5. The van der Waals surface area contributed by atoms with Gasteiger partial charge in [0.1, 0.15) is 5.75 Å². The number of hydrogen-bond donors (Lipinski definition) is 1. The topological polar surface area (TPSA) is 92.5 Å². The third-order valence-corrected chi connectivity index (χ3v) is 6.34. The van der Waals surface area contributed by atoms with E-state index < -0.39 is 15.9 Å². The molecule has 1 aromatic heterocycles. The molecule has 0 saturated carbocycles. The molecule has 0 saturated heterocycles. The van der Waals surface area contributed by atoms with Crippen LogP contribution in [0.15, 0.2) is 59.5 Å². The number of carbonyl (C=O) groups is 1. The highest BCUT2D eigenvalue weighted by atomic mass is 32.2. The molecule has 1 heterocycles. The van der Waals surface area contributed by atoms with Gasteiger partial charge in [-0.15, -0.1) is 0 Å². The van der Waals surface area contributed by atoms with E-state index in [0.29, 0.717) is 11.3 Å². The second kappa shape index (κ2) is 7.47. The lowest BCUT2D eigenvalue weighted by atomic mass is 10.1. The summed E-state index contributed by atoms with van der Waals surface area (Å²) in [5.74, 6) is -0.624. The Morgan fingerprint density at radius 2 is 1.68 bits per heavy atom. The van der Waals surface area contributed by atoms with Crippen molar-refractivity contribution in [2.75, 3.05) is 4.31 Å². The molecular formula is C20H21N3O4S. The molecule has 0 aliphatic rings. The van der Waals surface area contributed by atoms with E-state index in [2.05, 4.69) is 5.10 Å². The predicted molar refractivity (Wildman–Crippen MR) is 106 cm³/mol. The van der Waals surface area contributed by atoms with Gasteiger partial charge in [0, 0.05) is 18.3 Å². The van der Waals surface area contributed by atoms with Crippen LogP contribution in [0.5, 0.6) is 5.75 Å². The largest absolute Gasteiger partial charge is 0.508 e. The van der Waals surface area contributed by atoms with Crippen molar-refractivity contribution < 1.29 is 18.3 Å². The average molecular weight is 399 g/mol. The van der Waals surface area contributed by atoms with Crippen LogP contribution in [0, 0.1) is 13.8 Å². The zero-order valence-electron chi connectivity index (χ0n) is 15.8. The van der Waals surface area contributed by atoms with E-state index >= 15 is 0 Å². The van der Waals surface area contributed by atoms with Crippen molar-refractivity contribution in [3.8, 4) is 5.75 Å². The van der Waals surface area contributed by atoms with Crippen molar-refractivity contribution in [3.63, 3.8) is 0 Å². The molecule has 0 radical (unpaired) electrons. The molecule has 0 bridgehead atoms. The number of phenols is 1. The summed E-state index contributed by atoms with van der Waals surface area (Å²) in [6.07, 6.45) is -0.113. The molecule has 3 aromatic rings. The normalized spacial score (nSPS) is 11.4. The predicted octanol–water partition coefficient (Wildman–Crippen LogP) is 2.71. The van der Waals surface area contributed by atoms with Crippen LogP contribution in [0.1, 0.15) is 17.0 Å². The quantitative estimate of drug-likeness (QED) is 0.712. The third-order valence-electron chi connectivity index (χ3n) is 4.58. The molecule has 0 spiro atoms. The van der Waals surface area contributed by atoms with Gasteiger partial charge in [-0.05, 0) is 50.2 Å². The standard InChI is InChI=1S/C20H21N3O4S/c1-14-19(15(2)22(3)21-14)13-20(25)23(16-9-11-17(24)12-10-16)28(26,27)18-7-5-4-6-8-18/h4-12,24H,13H2,1-3H3. The van der Waals surface area contributed by atoms with Crippen LogP contribution < -0.4 is 4.31 Å². The minimum atomic E-state index is -4.13. The van der Waals surface area contributed by atoms with Crippen molar-refractivity contribution in [1.29, 1.82) is 0 Å². The van der Waals surface area contributed by atoms with Crippen LogP contribution in [0.3, 0.4) is 0 Å². The minimum absolute atomic E-state index is 0.0102. The summed E-state index contributed by atoms with van der Waals surface area (Å²) in [6, 6.07) is 13.3. The molecule has 0 aliphatic carbocycles.